The van der Waals surface area contributed by atoms with Gasteiger partial charge >= 0.3 is 0 Å². The number of nitrogens with zero attached hydrogens (tertiary/aromatic N) is 2. The lowest BCUT2D eigenvalue weighted by molar-refractivity contribution is -0.119. The van der Waals surface area contributed by atoms with E-state index in [1.807, 2.05) is 11.4 Å². The van der Waals surface area contributed by atoms with Crippen molar-refractivity contribution in [1.82, 2.24) is 9.21 Å². The number of carbonyl (C=O) groups excluding carboxylic acids is 2. The molecule has 2 fully saturated rings. The number of hydrogen-bond donors (Lipinski definition) is 1. The predicted octanol–water partition coefficient (Wildman–Crippen LogP) is 2.01. The molecule has 160 valence electrons. The first-order valence-corrected chi connectivity index (χ1v) is 12.1. The number of hydrogen-bond acceptors (Lipinski definition) is 6. The molecule has 2 amide bonds. The monoisotopic (exact) mass is 449 g/mol. The molecule has 1 aromatic heterocycles. The number of thiophene rings is 1. The first-order chi connectivity index (χ1) is 14.5. The standard InChI is InChI=1S/C20H23N3O5S2/c24-19(17-6-2-8-23(17)20(25)18-7-3-13-29-18)21-15-4-1-5-16(14-15)30(26,27)22-9-11-28-12-10-22/h1,3-5,7,13-14,17H,2,6,8-12H2,(H,21,24)/t17-/m1/s1. The third-order valence-corrected chi connectivity index (χ3v) is 8.01. The van der Waals surface area contributed by atoms with Crippen molar-refractivity contribution < 1.29 is 22.7 Å². The van der Waals surface area contributed by atoms with Crippen LogP contribution in [0.25, 0.3) is 0 Å². The number of nitrogens with one attached hydrogen (secondary N) is 1. The summed E-state index contributed by atoms with van der Waals surface area (Å²) in [7, 11) is -3.65. The minimum atomic E-state index is -3.65. The molecular formula is C20H23N3O5S2. The Hall–Kier alpha value is -2.27. The van der Waals surface area contributed by atoms with Crippen LogP contribution in [0.5, 0.6) is 0 Å². The number of sulfonamides is 1. The molecule has 2 aliphatic heterocycles. The Balaban J connectivity index is 1.48. The van der Waals surface area contributed by atoms with E-state index < -0.39 is 16.1 Å². The summed E-state index contributed by atoms with van der Waals surface area (Å²) in [6.07, 6.45) is 1.33. The molecule has 2 aromatic rings. The van der Waals surface area contributed by atoms with Gasteiger partial charge in [-0.1, -0.05) is 12.1 Å². The lowest BCUT2D eigenvalue weighted by Gasteiger charge is -2.26. The predicted molar refractivity (Wildman–Crippen MR) is 113 cm³/mol. The zero-order valence-corrected chi connectivity index (χ0v) is 18.0. The highest BCUT2D eigenvalue weighted by atomic mass is 32.2. The lowest BCUT2D eigenvalue weighted by Crippen LogP contribution is -2.43. The largest absolute Gasteiger partial charge is 0.379 e. The molecule has 0 spiro atoms. The van der Waals surface area contributed by atoms with Crippen molar-refractivity contribution in [2.45, 2.75) is 23.8 Å². The minimum Gasteiger partial charge on any atom is -0.379 e. The maximum Gasteiger partial charge on any atom is 0.264 e. The van der Waals surface area contributed by atoms with Crippen LogP contribution in [-0.2, 0) is 19.6 Å². The summed E-state index contributed by atoms with van der Waals surface area (Å²) >= 11 is 1.35. The van der Waals surface area contributed by atoms with Crippen molar-refractivity contribution in [2.24, 2.45) is 0 Å². The number of amides is 2. The fourth-order valence-corrected chi connectivity index (χ4v) is 5.85. The van der Waals surface area contributed by atoms with E-state index in [0.29, 0.717) is 49.8 Å². The Morgan fingerprint density at radius 1 is 1.10 bits per heavy atom. The van der Waals surface area contributed by atoms with E-state index in [1.165, 1.54) is 27.8 Å². The van der Waals surface area contributed by atoms with Gasteiger partial charge < -0.3 is 15.0 Å². The van der Waals surface area contributed by atoms with Crippen molar-refractivity contribution in [2.75, 3.05) is 38.2 Å². The van der Waals surface area contributed by atoms with Crippen LogP contribution >= 0.6 is 11.3 Å². The second-order valence-electron chi connectivity index (χ2n) is 7.17. The van der Waals surface area contributed by atoms with Crippen LogP contribution in [0.15, 0.2) is 46.7 Å². The maximum absolute atomic E-state index is 12.9. The number of ether oxygens (including phenoxy) is 1. The summed E-state index contributed by atoms with van der Waals surface area (Å²) in [6.45, 7) is 1.87. The van der Waals surface area contributed by atoms with E-state index in [1.54, 1.807) is 23.1 Å². The quantitative estimate of drug-likeness (QED) is 0.753. The number of likely N-dealkylation sites (tertiary alicyclic amines) is 1. The van der Waals surface area contributed by atoms with E-state index in [0.717, 1.165) is 6.42 Å². The molecule has 8 nitrogen and oxygen atoms in total. The molecule has 4 rings (SSSR count). The van der Waals surface area contributed by atoms with Crippen LogP contribution in [0, 0.1) is 0 Å². The second-order valence-corrected chi connectivity index (χ2v) is 10.1. The van der Waals surface area contributed by atoms with E-state index >= 15 is 0 Å². The highest BCUT2D eigenvalue weighted by Gasteiger charge is 2.35. The van der Waals surface area contributed by atoms with Gasteiger partial charge in [0.1, 0.15) is 6.04 Å². The summed E-state index contributed by atoms with van der Waals surface area (Å²) in [4.78, 5) is 27.9. The van der Waals surface area contributed by atoms with E-state index in [9.17, 15) is 18.0 Å². The Labute approximate surface area is 179 Å². The molecule has 0 aliphatic carbocycles. The normalized spacial score (nSPS) is 20.3. The molecule has 0 unspecified atom stereocenters. The molecule has 0 bridgehead atoms. The van der Waals surface area contributed by atoms with Gasteiger partial charge in [-0.05, 0) is 42.5 Å². The van der Waals surface area contributed by atoms with Crippen molar-refractivity contribution in [3.8, 4) is 0 Å². The maximum atomic E-state index is 12.9. The molecule has 30 heavy (non-hydrogen) atoms. The molecular weight excluding hydrogens is 426 g/mol. The number of morpholine rings is 1. The van der Waals surface area contributed by atoms with Crippen molar-refractivity contribution in [1.29, 1.82) is 0 Å². The summed E-state index contributed by atoms with van der Waals surface area (Å²) in [5.74, 6) is -0.454. The molecule has 0 saturated carbocycles. The third kappa shape index (κ3) is 4.27. The second kappa shape index (κ2) is 8.84. The van der Waals surface area contributed by atoms with Gasteiger partial charge in [-0.25, -0.2) is 8.42 Å². The van der Waals surface area contributed by atoms with Crippen LogP contribution in [0.1, 0.15) is 22.5 Å². The van der Waals surface area contributed by atoms with Gasteiger partial charge in [0.05, 0.1) is 23.0 Å². The summed E-state index contributed by atoms with van der Waals surface area (Å²) in [5, 5.41) is 4.62. The Kier molecular flexibility index (Phi) is 6.19. The SMILES string of the molecule is O=C(Nc1cccc(S(=O)(=O)N2CCOCC2)c1)[C@H]1CCCN1C(=O)c1cccs1. The van der Waals surface area contributed by atoms with E-state index in [2.05, 4.69) is 5.32 Å². The molecule has 2 saturated heterocycles. The first-order valence-electron chi connectivity index (χ1n) is 9.80. The Bertz CT molecular complexity index is 1020. The molecule has 1 N–H and O–H groups in total. The molecule has 2 aliphatic rings. The van der Waals surface area contributed by atoms with Crippen LogP contribution < -0.4 is 5.32 Å². The van der Waals surface area contributed by atoms with Crippen molar-refractivity contribution in [3.63, 3.8) is 0 Å². The molecule has 10 heteroatoms. The van der Waals surface area contributed by atoms with Gasteiger partial charge in [0.2, 0.25) is 15.9 Å². The fraction of sp³-hybridized carbons (Fsp3) is 0.400. The molecule has 0 radical (unpaired) electrons. The van der Waals surface area contributed by atoms with Crippen molar-refractivity contribution >= 4 is 38.9 Å². The van der Waals surface area contributed by atoms with Gasteiger partial charge in [0.25, 0.3) is 5.91 Å². The van der Waals surface area contributed by atoms with E-state index in [-0.39, 0.29) is 16.7 Å². The van der Waals surface area contributed by atoms with Gasteiger partial charge in [0.15, 0.2) is 0 Å². The number of carbonyl (C=O) groups is 2. The summed E-state index contributed by atoms with van der Waals surface area (Å²) in [5.41, 5.74) is 0.393. The summed E-state index contributed by atoms with van der Waals surface area (Å²) < 4.78 is 32.3. The van der Waals surface area contributed by atoms with Gasteiger partial charge in [-0.3, -0.25) is 9.59 Å². The lowest BCUT2D eigenvalue weighted by atomic mass is 10.2. The van der Waals surface area contributed by atoms with Gasteiger partial charge in [-0.2, -0.15) is 4.31 Å². The summed E-state index contributed by atoms with van der Waals surface area (Å²) in [6, 6.07) is 9.22. The average Bonchev–Trinajstić information content (AvgIpc) is 3.46. The fourth-order valence-electron chi connectivity index (χ4n) is 3.72. The third-order valence-electron chi connectivity index (χ3n) is 5.26. The number of rotatable bonds is 5. The smallest absolute Gasteiger partial charge is 0.264 e. The Morgan fingerprint density at radius 2 is 1.90 bits per heavy atom. The number of anilines is 1. The Morgan fingerprint density at radius 3 is 2.63 bits per heavy atom. The highest BCUT2D eigenvalue weighted by molar-refractivity contribution is 7.89. The molecule has 3 heterocycles. The zero-order chi connectivity index (χ0) is 21.1. The first kappa shape index (κ1) is 21.0. The highest BCUT2D eigenvalue weighted by Crippen LogP contribution is 2.25. The zero-order valence-electron chi connectivity index (χ0n) is 16.3. The van der Waals surface area contributed by atoms with Crippen LogP contribution in [0.3, 0.4) is 0 Å². The molecule has 1 aromatic carbocycles. The average molecular weight is 450 g/mol. The van der Waals surface area contributed by atoms with Gasteiger partial charge in [0, 0.05) is 25.3 Å². The molecule has 1 atom stereocenters. The minimum absolute atomic E-state index is 0.125. The van der Waals surface area contributed by atoms with Gasteiger partial charge in [-0.15, -0.1) is 11.3 Å². The van der Waals surface area contributed by atoms with E-state index in [4.69, 9.17) is 4.74 Å². The van der Waals surface area contributed by atoms with Crippen LogP contribution in [0.2, 0.25) is 0 Å². The van der Waals surface area contributed by atoms with Crippen LogP contribution in [0.4, 0.5) is 5.69 Å². The number of benzene rings is 1. The van der Waals surface area contributed by atoms with Crippen LogP contribution in [-0.4, -0.2) is 68.3 Å². The van der Waals surface area contributed by atoms with Crippen molar-refractivity contribution in [3.05, 3.63) is 46.7 Å². The topological polar surface area (TPSA) is 96.0 Å².